The molecule has 1 fully saturated rings. The first-order valence-electron chi connectivity index (χ1n) is 10.6. The highest BCUT2D eigenvalue weighted by molar-refractivity contribution is 7.89. The zero-order chi connectivity index (χ0) is 25.0. The number of nitrogens with zero attached hydrogens (tertiary/aromatic N) is 1. The minimum atomic E-state index is -4.30. The fourth-order valence-electron chi connectivity index (χ4n) is 4.58. The van der Waals surface area contributed by atoms with Gasteiger partial charge in [0.1, 0.15) is 6.04 Å². The van der Waals surface area contributed by atoms with Crippen molar-refractivity contribution in [3.63, 3.8) is 0 Å². The normalized spacial score (nSPS) is 23.1. The van der Waals surface area contributed by atoms with E-state index in [0.717, 1.165) is 17.0 Å². The van der Waals surface area contributed by atoms with E-state index in [-0.39, 0.29) is 4.90 Å². The Balaban J connectivity index is 2.35. The summed E-state index contributed by atoms with van der Waals surface area (Å²) < 4.78 is 50.1. The van der Waals surface area contributed by atoms with E-state index in [1.807, 2.05) is 6.92 Å². The standard InChI is InChI=1S/C24H29NO8S/c1-15-11-13-17(14-12-15)34(28,29)25-20(16-9-7-6-8-10-16)18(22(26)30-2)19(24(32-4)33-5)21(25)23(27)31-3/h6-14,18-21,24H,1-5H3/t18-,19-,20-,21-/m0/s1. The summed E-state index contributed by atoms with van der Waals surface area (Å²) in [6, 6.07) is 12.4. The highest BCUT2D eigenvalue weighted by Crippen LogP contribution is 2.50. The third-order valence-electron chi connectivity index (χ3n) is 6.10. The second-order valence-electron chi connectivity index (χ2n) is 7.94. The molecule has 1 heterocycles. The Kier molecular flexibility index (Phi) is 8.09. The number of esters is 2. The van der Waals surface area contributed by atoms with E-state index in [1.165, 1.54) is 33.5 Å². The molecule has 0 aliphatic carbocycles. The molecule has 9 nitrogen and oxygen atoms in total. The molecule has 0 saturated carbocycles. The van der Waals surface area contributed by atoms with E-state index < -0.39 is 52.2 Å². The molecule has 0 amide bonds. The van der Waals surface area contributed by atoms with E-state index in [1.54, 1.807) is 42.5 Å². The van der Waals surface area contributed by atoms with Gasteiger partial charge in [-0.05, 0) is 24.6 Å². The lowest BCUT2D eigenvalue weighted by Gasteiger charge is -2.30. The van der Waals surface area contributed by atoms with Crippen LogP contribution < -0.4 is 0 Å². The molecule has 2 aromatic rings. The predicted molar refractivity (Wildman–Crippen MR) is 122 cm³/mol. The molecule has 0 N–H and O–H groups in total. The molecule has 1 aliphatic heterocycles. The maximum absolute atomic E-state index is 14.0. The van der Waals surface area contributed by atoms with E-state index >= 15 is 0 Å². The van der Waals surface area contributed by atoms with E-state index in [2.05, 4.69) is 0 Å². The molecule has 0 aromatic heterocycles. The van der Waals surface area contributed by atoms with Crippen molar-refractivity contribution in [1.29, 1.82) is 0 Å². The van der Waals surface area contributed by atoms with Gasteiger partial charge in [0, 0.05) is 14.2 Å². The second kappa shape index (κ2) is 10.6. The molecule has 3 rings (SSSR count). The summed E-state index contributed by atoms with van der Waals surface area (Å²) in [7, 11) is 0.773. The lowest BCUT2D eigenvalue weighted by atomic mass is 9.83. The first kappa shape index (κ1) is 25.8. The zero-order valence-electron chi connectivity index (χ0n) is 19.7. The Morgan fingerprint density at radius 3 is 1.91 bits per heavy atom. The summed E-state index contributed by atoms with van der Waals surface area (Å²) in [5, 5.41) is 0. The van der Waals surface area contributed by atoms with Crippen molar-refractivity contribution in [3.05, 3.63) is 65.7 Å². The number of hydrogen-bond acceptors (Lipinski definition) is 8. The van der Waals surface area contributed by atoms with Gasteiger partial charge in [-0.15, -0.1) is 0 Å². The molecule has 4 atom stereocenters. The second-order valence-corrected chi connectivity index (χ2v) is 9.78. The van der Waals surface area contributed by atoms with Gasteiger partial charge in [-0.25, -0.2) is 8.42 Å². The van der Waals surface area contributed by atoms with Crippen LogP contribution in [0.2, 0.25) is 0 Å². The molecule has 1 aliphatic rings. The average molecular weight is 492 g/mol. The fraction of sp³-hybridized carbons (Fsp3) is 0.417. The van der Waals surface area contributed by atoms with Crippen LogP contribution in [0.15, 0.2) is 59.5 Å². The molecule has 2 aromatic carbocycles. The van der Waals surface area contributed by atoms with Gasteiger partial charge in [-0.3, -0.25) is 9.59 Å². The third kappa shape index (κ3) is 4.58. The van der Waals surface area contributed by atoms with Crippen LogP contribution in [0, 0.1) is 18.8 Å². The van der Waals surface area contributed by atoms with Gasteiger partial charge in [0.15, 0.2) is 6.29 Å². The van der Waals surface area contributed by atoms with Crippen LogP contribution in [0.25, 0.3) is 0 Å². The average Bonchev–Trinajstić information content (AvgIpc) is 3.21. The summed E-state index contributed by atoms with van der Waals surface area (Å²) >= 11 is 0. The van der Waals surface area contributed by atoms with Gasteiger partial charge >= 0.3 is 11.9 Å². The van der Waals surface area contributed by atoms with Crippen LogP contribution in [0.1, 0.15) is 17.2 Å². The van der Waals surface area contributed by atoms with E-state index in [0.29, 0.717) is 5.56 Å². The highest BCUT2D eigenvalue weighted by Gasteiger charge is 2.63. The Morgan fingerprint density at radius 1 is 0.853 bits per heavy atom. The topological polar surface area (TPSA) is 108 Å². The van der Waals surface area contributed by atoms with Crippen molar-refractivity contribution in [2.75, 3.05) is 28.4 Å². The number of aryl methyl sites for hydroxylation is 1. The molecule has 0 radical (unpaired) electrons. The maximum Gasteiger partial charge on any atom is 0.324 e. The Hall–Kier alpha value is -2.79. The molecule has 0 bridgehead atoms. The number of methoxy groups -OCH3 is 4. The molecule has 184 valence electrons. The van der Waals surface area contributed by atoms with Crippen LogP contribution >= 0.6 is 0 Å². The first-order valence-corrected chi connectivity index (χ1v) is 12.0. The Morgan fingerprint density at radius 2 is 1.41 bits per heavy atom. The number of rotatable bonds is 8. The van der Waals surface area contributed by atoms with Gasteiger partial charge in [0.25, 0.3) is 0 Å². The molecule has 0 unspecified atom stereocenters. The zero-order valence-corrected chi connectivity index (χ0v) is 20.5. The highest BCUT2D eigenvalue weighted by atomic mass is 32.2. The number of hydrogen-bond donors (Lipinski definition) is 0. The minimum absolute atomic E-state index is 0.0245. The number of carbonyl (C=O) groups excluding carboxylic acids is 2. The molecular weight excluding hydrogens is 462 g/mol. The third-order valence-corrected chi connectivity index (χ3v) is 7.98. The van der Waals surface area contributed by atoms with Crippen molar-refractivity contribution in [2.45, 2.75) is 30.2 Å². The van der Waals surface area contributed by atoms with Crippen LogP contribution in [0.5, 0.6) is 0 Å². The summed E-state index contributed by atoms with van der Waals surface area (Å²) in [5.74, 6) is -3.72. The summed E-state index contributed by atoms with van der Waals surface area (Å²) in [6.07, 6.45) is -1.10. The van der Waals surface area contributed by atoms with Crippen LogP contribution in [-0.2, 0) is 38.6 Å². The number of sulfonamides is 1. The molecule has 10 heteroatoms. The summed E-state index contributed by atoms with van der Waals surface area (Å²) in [5.41, 5.74) is 1.38. The Labute approximate surface area is 199 Å². The van der Waals surface area contributed by atoms with E-state index in [4.69, 9.17) is 18.9 Å². The molecule has 1 saturated heterocycles. The predicted octanol–water partition coefficient (Wildman–Crippen LogP) is 2.31. The molecular formula is C24H29NO8S. The number of carbonyl (C=O) groups is 2. The van der Waals surface area contributed by atoms with Gasteiger partial charge in [0.2, 0.25) is 10.0 Å². The lowest BCUT2D eigenvalue weighted by molar-refractivity contribution is -0.174. The van der Waals surface area contributed by atoms with Crippen LogP contribution in [0.3, 0.4) is 0 Å². The largest absolute Gasteiger partial charge is 0.469 e. The monoisotopic (exact) mass is 491 g/mol. The van der Waals surface area contributed by atoms with Crippen molar-refractivity contribution >= 4 is 22.0 Å². The summed E-state index contributed by atoms with van der Waals surface area (Å²) in [4.78, 5) is 26.3. The maximum atomic E-state index is 14.0. The van der Waals surface area contributed by atoms with Crippen molar-refractivity contribution in [3.8, 4) is 0 Å². The van der Waals surface area contributed by atoms with Gasteiger partial charge in [-0.2, -0.15) is 4.31 Å². The number of ether oxygens (including phenoxy) is 4. The quantitative estimate of drug-likeness (QED) is 0.409. The minimum Gasteiger partial charge on any atom is -0.469 e. The Bertz CT molecular complexity index is 1100. The van der Waals surface area contributed by atoms with E-state index in [9.17, 15) is 18.0 Å². The number of benzene rings is 2. The smallest absolute Gasteiger partial charge is 0.324 e. The van der Waals surface area contributed by atoms with Gasteiger partial charge < -0.3 is 18.9 Å². The van der Waals surface area contributed by atoms with Crippen molar-refractivity contribution in [2.24, 2.45) is 11.8 Å². The van der Waals surface area contributed by atoms with Crippen molar-refractivity contribution in [1.82, 2.24) is 4.31 Å². The SMILES string of the molecule is COC(=O)[C@H]1[C@H](C(OC)OC)[C@@H](C(=O)OC)N(S(=O)(=O)c2ccc(C)cc2)[C@H]1c1ccccc1. The van der Waals surface area contributed by atoms with Crippen LogP contribution in [0.4, 0.5) is 0 Å². The first-order chi connectivity index (χ1) is 16.2. The van der Waals surface area contributed by atoms with Crippen LogP contribution in [-0.4, -0.2) is 65.4 Å². The van der Waals surface area contributed by atoms with Gasteiger partial charge in [-0.1, -0.05) is 48.0 Å². The lowest BCUT2D eigenvalue weighted by Crippen LogP contribution is -2.48. The molecule has 34 heavy (non-hydrogen) atoms. The summed E-state index contributed by atoms with van der Waals surface area (Å²) in [6.45, 7) is 1.83. The van der Waals surface area contributed by atoms with Crippen molar-refractivity contribution < 1.29 is 37.0 Å². The van der Waals surface area contributed by atoms with Gasteiger partial charge in [0.05, 0.1) is 37.0 Å². The molecule has 0 spiro atoms. The fourth-order valence-corrected chi connectivity index (χ4v) is 6.38.